The molecule has 2 atom stereocenters. The molecular weight excluding hydrogens is 468 g/mol. The molecular formula is C25H38N4O5S. The number of nitrogens with two attached hydrogens (primary N) is 1. The van der Waals surface area contributed by atoms with Crippen LogP contribution >= 0.6 is 0 Å². The molecule has 2 aliphatic heterocycles. The van der Waals surface area contributed by atoms with Gasteiger partial charge in [-0.2, -0.15) is 4.72 Å². The van der Waals surface area contributed by atoms with Gasteiger partial charge in [-0.05, 0) is 50.7 Å². The second-order valence-corrected chi connectivity index (χ2v) is 11.6. The lowest BCUT2D eigenvalue weighted by Gasteiger charge is -2.38. The molecule has 0 aromatic heterocycles. The highest BCUT2D eigenvalue weighted by atomic mass is 32.2. The second-order valence-electron chi connectivity index (χ2n) is 9.90. The van der Waals surface area contributed by atoms with E-state index in [4.69, 9.17) is 5.73 Å². The fraction of sp³-hybridized carbons (Fsp3) is 0.640. The number of benzene rings is 1. The summed E-state index contributed by atoms with van der Waals surface area (Å²) in [7, 11) is -3.86. The fourth-order valence-corrected chi connectivity index (χ4v) is 6.08. The number of likely N-dealkylation sites (tertiary alicyclic amines) is 2. The molecule has 10 heteroatoms. The molecule has 1 aromatic rings. The van der Waals surface area contributed by atoms with Crippen molar-refractivity contribution in [3.63, 3.8) is 0 Å². The lowest BCUT2D eigenvalue weighted by atomic mass is 9.91. The Morgan fingerprint density at radius 3 is 2.00 bits per heavy atom. The Morgan fingerprint density at radius 2 is 1.49 bits per heavy atom. The Kier molecular flexibility index (Phi) is 8.93. The van der Waals surface area contributed by atoms with Gasteiger partial charge in [0.15, 0.2) is 0 Å². The van der Waals surface area contributed by atoms with Gasteiger partial charge in [0, 0.05) is 38.0 Å². The van der Waals surface area contributed by atoms with Gasteiger partial charge in [0.2, 0.25) is 27.7 Å². The van der Waals surface area contributed by atoms with E-state index in [-0.39, 0.29) is 40.4 Å². The van der Waals surface area contributed by atoms with Crippen LogP contribution < -0.4 is 10.5 Å². The Morgan fingerprint density at radius 1 is 0.971 bits per heavy atom. The first kappa shape index (κ1) is 27.1. The molecule has 2 saturated heterocycles. The molecule has 0 radical (unpaired) electrons. The smallest absolute Gasteiger partial charge is 0.241 e. The summed E-state index contributed by atoms with van der Waals surface area (Å²) in [4.78, 5) is 41.4. The van der Waals surface area contributed by atoms with Crippen molar-refractivity contribution in [3.8, 4) is 0 Å². The molecule has 3 amide bonds. The van der Waals surface area contributed by atoms with Crippen molar-refractivity contribution < 1.29 is 22.8 Å². The number of carbonyl (C=O) groups is 3. The Labute approximate surface area is 208 Å². The van der Waals surface area contributed by atoms with Crippen LogP contribution in [0.25, 0.3) is 0 Å². The lowest BCUT2D eigenvalue weighted by Crippen LogP contribution is -2.54. The van der Waals surface area contributed by atoms with Crippen molar-refractivity contribution in [2.75, 3.05) is 26.2 Å². The van der Waals surface area contributed by atoms with Crippen molar-refractivity contribution in [2.45, 2.75) is 63.8 Å². The summed E-state index contributed by atoms with van der Waals surface area (Å²) in [6.07, 6.45) is 2.91. The average molecular weight is 507 g/mol. The van der Waals surface area contributed by atoms with Gasteiger partial charge in [-0.3, -0.25) is 14.4 Å². The second kappa shape index (κ2) is 11.5. The molecule has 0 spiro atoms. The summed E-state index contributed by atoms with van der Waals surface area (Å²) in [5.41, 5.74) is 6.34. The maximum atomic E-state index is 13.4. The number of piperidine rings is 2. The monoisotopic (exact) mass is 506 g/mol. The minimum atomic E-state index is -3.86. The SMILES string of the molecule is CC[C@H](C)[C@H](NS(=O)(=O)c1ccc(C)cc1)C(=O)N1CCC(C(=O)N2CCC(C(N)=O)CC2)CC1. The number of sulfonamides is 1. The van der Waals surface area contributed by atoms with Gasteiger partial charge in [0.25, 0.3) is 0 Å². The van der Waals surface area contributed by atoms with E-state index in [1.165, 1.54) is 0 Å². The third kappa shape index (κ3) is 6.61. The first-order chi connectivity index (χ1) is 16.5. The predicted molar refractivity (Wildman–Crippen MR) is 133 cm³/mol. The van der Waals surface area contributed by atoms with Gasteiger partial charge < -0.3 is 15.5 Å². The van der Waals surface area contributed by atoms with Crippen LogP contribution in [0, 0.1) is 24.7 Å². The highest BCUT2D eigenvalue weighted by Gasteiger charge is 2.37. The predicted octanol–water partition coefficient (Wildman–Crippen LogP) is 1.65. The third-order valence-electron chi connectivity index (χ3n) is 7.46. The van der Waals surface area contributed by atoms with Crippen LogP contribution in [0.1, 0.15) is 51.5 Å². The minimum absolute atomic E-state index is 0.0681. The number of rotatable bonds is 8. The van der Waals surface area contributed by atoms with Crippen LogP contribution in [0.5, 0.6) is 0 Å². The maximum absolute atomic E-state index is 13.4. The Hall–Kier alpha value is -2.46. The van der Waals surface area contributed by atoms with E-state index in [1.54, 1.807) is 34.1 Å². The van der Waals surface area contributed by atoms with Crippen LogP contribution in [0.3, 0.4) is 0 Å². The zero-order valence-corrected chi connectivity index (χ0v) is 21.7. The number of nitrogens with zero attached hydrogens (tertiary/aromatic N) is 2. The van der Waals surface area contributed by atoms with E-state index in [1.807, 2.05) is 20.8 Å². The average Bonchev–Trinajstić information content (AvgIpc) is 2.86. The number of carbonyl (C=O) groups excluding carboxylic acids is 3. The third-order valence-corrected chi connectivity index (χ3v) is 8.91. The summed E-state index contributed by atoms with van der Waals surface area (Å²) in [5, 5.41) is 0. The highest BCUT2D eigenvalue weighted by molar-refractivity contribution is 7.89. The van der Waals surface area contributed by atoms with Crippen LogP contribution in [-0.4, -0.2) is 68.2 Å². The number of hydrogen-bond acceptors (Lipinski definition) is 5. The molecule has 0 saturated carbocycles. The summed E-state index contributed by atoms with van der Waals surface area (Å²) >= 11 is 0. The first-order valence-electron chi connectivity index (χ1n) is 12.5. The maximum Gasteiger partial charge on any atom is 0.241 e. The van der Waals surface area contributed by atoms with Gasteiger partial charge in [0.05, 0.1) is 4.90 Å². The molecule has 2 aliphatic rings. The van der Waals surface area contributed by atoms with Gasteiger partial charge in [-0.15, -0.1) is 0 Å². The van der Waals surface area contributed by atoms with Crippen LogP contribution in [0.2, 0.25) is 0 Å². The van der Waals surface area contributed by atoms with Gasteiger partial charge in [0.1, 0.15) is 6.04 Å². The van der Waals surface area contributed by atoms with Gasteiger partial charge >= 0.3 is 0 Å². The van der Waals surface area contributed by atoms with Crippen molar-refractivity contribution >= 4 is 27.7 Å². The molecule has 0 aliphatic carbocycles. The molecule has 0 unspecified atom stereocenters. The van der Waals surface area contributed by atoms with E-state index < -0.39 is 16.1 Å². The van der Waals surface area contributed by atoms with Crippen molar-refractivity contribution in [1.29, 1.82) is 0 Å². The van der Waals surface area contributed by atoms with Crippen molar-refractivity contribution in [2.24, 2.45) is 23.5 Å². The molecule has 0 bridgehead atoms. The Bertz CT molecular complexity index is 1010. The van der Waals surface area contributed by atoms with E-state index in [0.29, 0.717) is 58.3 Å². The summed E-state index contributed by atoms with van der Waals surface area (Å²) in [5.74, 6) is -1.01. The largest absolute Gasteiger partial charge is 0.369 e. The van der Waals surface area contributed by atoms with E-state index >= 15 is 0 Å². The standard InChI is InChI=1S/C25H38N4O5S/c1-4-18(3)22(27-35(33,34)21-7-5-17(2)6-8-21)25(32)29-15-11-20(12-16-29)24(31)28-13-9-19(10-14-28)23(26)30/h5-8,18-20,22,27H,4,9-16H2,1-3H3,(H2,26,30)/t18-,22-/m0/s1. The van der Waals surface area contributed by atoms with Gasteiger partial charge in [-0.1, -0.05) is 38.0 Å². The molecule has 2 heterocycles. The van der Waals surface area contributed by atoms with Gasteiger partial charge in [-0.25, -0.2) is 8.42 Å². The fourth-order valence-electron chi connectivity index (χ4n) is 4.78. The first-order valence-corrected chi connectivity index (χ1v) is 14.0. The minimum Gasteiger partial charge on any atom is -0.369 e. The quantitative estimate of drug-likeness (QED) is 0.554. The number of aryl methyl sites for hydroxylation is 1. The summed E-state index contributed by atoms with van der Waals surface area (Å²) < 4.78 is 28.6. The number of primary amides is 1. The number of hydrogen-bond donors (Lipinski definition) is 2. The zero-order valence-electron chi connectivity index (χ0n) is 20.9. The highest BCUT2D eigenvalue weighted by Crippen LogP contribution is 2.25. The summed E-state index contributed by atoms with van der Waals surface area (Å²) in [6, 6.07) is 5.67. The number of amides is 3. The molecule has 194 valence electrons. The van der Waals surface area contributed by atoms with E-state index in [9.17, 15) is 22.8 Å². The van der Waals surface area contributed by atoms with Crippen LogP contribution in [-0.2, 0) is 24.4 Å². The van der Waals surface area contributed by atoms with E-state index in [2.05, 4.69) is 4.72 Å². The molecule has 35 heavy (non-hydrogen) atoms. The topological polar surface area (TPSA) is 130 Å². The van der Waals surface area contributed by atoms with E-state index in [0.717, 1.165) is 5.56 Å². The zero-order chi connectivity index (χ0) is 25.8. The molecule has 3 rings (SSSR count). The molecule has 1 aromatic carbocycles. The van der Waals surface area contributed by atoms with Crippen LogP contribution in [0.15, 0.2) is 29.2 Å². The number of nitrogens with one attached hydrogen (secondary N) is 1. The molecule has 2 fully saturated rings. The van der Waals surface area contributed by atoms with Crippen LogP contribution in [0.4, 0.5) is 0 Å². The molecule has 3 N–H and O–H groups in total. The summed E-state index contributed by atoms with van der Waals surface area (Å²) in [6.45, 7) is 7.56. The molecule has 9 nitrogen and oxygen atoms in total. The Balaban J connectivity index is 1.61. The lowest BCUT2D eigenvalue weighted by molar-refractivity contribution is -0.143. The normalized spacial score (nSPS) is 19.9. The van der Waals surface area contributed by atoms with Crippen molar-refractivity contribution in [1.82, 2.24) is 14.5 Å². The van der Waals surface area contributed by atoms with Crippen molar-refractivity contribution in [3.05, 3.63) is 29.8 Å².